The summed E-state index contributed by atoms with van der Waals surface area (Å²) in [7, 11) is 0. The van der Waals surface area contributed by atoms with Crippen LogP contribution in [-0.4, -0.2) is 35.9 Å². The van der Waals surface area contributed by atoms with Gasteiger partial charge in [0.05, 0.1) is 11.3 Å². The van der Waals surface area contributed by atoms with Crippen molar-refractivity contribution in [1.29, 1.82) is 0 Å². The zero-order chi connectivity index (χ0) is 22.9. The molecule has 32 heavy (non-hydrogen) atoms. The summed E-state index contributed by atoms with van der Waals surface area (Å²) in [5, 5.41) is 6.63. The lowest BCUT2D eigenvalue weighted by atomic mass is 10.1. The van der Waals surface area contributed by atoms with Crippen molar-refractivity contribution in [3.8, 4) is 0 Å². The third-order valence-electron chi connectivity index (χ3n) is 4.98. The number of benzene rings is 2. The number of anilines is 1. The van der Waals surface area contributed by atoms with E-state index >= 15 is 0 Å². The van der Waals surface area contributed by atoms with E-state index in [-0.39, 0.29) is 12.3 Å². The molecular formula is C25H29N3O4. The highest BCUT2D eigenvalue weighted by Gasteiger charge is 2.14. The first-order valence-electron chi connectivity index (χ1n) is 10.8. The molecular weight excluding hydrogens is 406 g/mol. The Balaban J connectivity index is 1.43. The van der Waals surface area contributed by atoms with E-state index in [2.05, 4.69) is 15.6 Å². The van der Waals surface area contributed by atoms with Gasteiger partial charge in [-0.1, -0.05) is 44.2 Å². The number of hydrogen-bond donors (Lipinski definition) is 3. The highest BCUT2D eigenvalue weighted by Crippen LogP contribution is 2.19. The molecule has 3 N–H and O–H groups in total. The summed E-state index contributed by atoms with van der Waals surface area (Å²) < 4.78 is 5.10. The molecule has 0 atom stereocenters. The van der Waals surface area contributed by atoms with Gasteiger partial charge >= 0.3 is 5.97 Å². The van der Waals surface area contributed by atoms with Crippen molar-refractivity contribution in [1.82, 2.24) is 10.3 Å². The van der Waals surface area contributed by atoms with Gasteiger partial charge in [-0.25, -0.2) is 0 Å². The summed E-state index contributed by atoms with van der Waals surface area (Å²) in [6, 6.07) is 14.8. The molecule has 0 radical (unpaired) electrons. The monoisotopic (exact) mass is 435 g/mol. The summed E-state index contributed by atoms with van der Waals surface area (Å²) in [6.45, 7) is 4.15. The van der Waals surface area contributed by atoms with E-state index < -0.39 is 18.5 Å². The molecule has 168 valence electrons. The molecule has 0 saturated carbocycles. The molecule has 3 aromatic rings. The highest BCUT2D eigenvalue weighted by atomic mass is 16.5. The predicted molar refractivity (Wildman–Crippen MR) is 124 cm³/mol. The van der Waals surface area contributed by atoms with Gasteiger partial charge in [0.1, 0.15) is 0 Å². The van der Waals surface area contributed by atoms with Crippen LogP contribution in [0.3, 0.4) is 0 Å². The molecule has 1 heterocycles. The Kier molecular flexibility index (Phi) is 8.02. The molecule has 3 rings (SSSR count). The quantitative estimate of drug-likeness (QED) is 0.418. The number of H-pyrrole nitrogens is 1. The molecule has 1 aromatic heterocycles. The second kappa shape index (κ2) is 11.1. The molecule has 0 aliphatic carbocycles. The fraction of sp³-hybridized carbons (Fsp3) is 0.320. The SMILES string of the molecule is CC(C)CNC(=O)c1ccccc1NC(=O)COC(=O)CCCc1c[nH]c2ccccc12. The van der Waals surface area contributed by atoms with Gasteiger partial charge in [-0.15, -0.1) is 0 Å². The minimum absolute atomic E-state index is 0.223. The summed E-state index contributed by atoms with van der Waals surface area (Å²) in [5.74, 6) is -0.859. The van der Waals surface area contributed by atoms with E-state index in [1.165, 1.54) is 0 Å². The Morgan fingerprint density at radius 1 is 1.03 bits per heavy atom. The summed E-state index contributed by atoms with van der Waals surface area (Å²) in [6.07, 6.45) is 3.55. The van der Waals surface area contributed by atoms with Crippen LogP contribution in [0.4, 0.5) is 5.69 Å². The van der Waals surface area contributed by atoms with Gasteiger partial charge in [-0.3, -0.25) is 14.4 Å². The third-order valence-corrected chi connectivity index (χ3v) is 4.98. The Morgan fingerprint density at radius 3 is 2.59 bits per heavy atom. The molecule has 0 spiro atoms. The van der Waals surface area contributed by atoms with Crippen molar-refractivity contribution in [2.24, 2.45) is 5.92 Å². The second-order valence-corrected chi connectivity index (χ2v) is 8.07. The molecule has 0 bridgehead atoms. The number of esters is 1. The van der Waals surface area contributed by atoms with Gasteiger partial charge in [0, 0.05) is 30.1 Å². The fourth-order valence-corrected chi connectivity index (χ4v) is 3.35. The van der Waals surface area contributed by atoms with Crippen molar-refractivity contribution in [3.05, 3.63) is 65.9 Å². The number of ether oxygens (including phenoxy) is 1. The third kappa shape index (κ3) is 6.44. The number of aromatic amines is 1. The molecule has 0 saturated heterocycles. The Hall–Kier alpha value is -3.61. The van der Waals surface area contributed by atoms with E-state index in [0.717, 1.165) is 22.9 Å². The Bertz CT molecular complexity index is 1090. The van der Waals surface area contributed by atoms with Crippen molar-refractivity contribution in [3.63, 3.8) is 0 Å². The first kappa shape index (κ1) is 23.1. The van der Waals surface area contributed by atoms with Crippen LogP contribution >= 0.6 is 0 Å². The van der Waals surface area contributed by atoms with Crippen LogP contribution in [0.25, 0.3) is 10.9 Å². The Morgan fingerprint density at radius 2 is 1.78 bits per heavy atom. The van der Waals surface area contributed by atoms with E-state index in [9.17, 15) is 14.4 Å². The highest BCUT2D eigenvalue weighted by molar-refractivity contribution is 6.04. The number of fused-ring (bicyclic) bond motifs is 1. The lowest BCUT2D eigenvalue weighted by Gasteiger charge is -2.12. The molecule has 0 fully saturated rings. The van der Waals surface area contributed by atoms with Crippen molar-refractivity contribution >= 4 is 34.4 Å². The van der Waals surface area contributed by atoms with Gasteiger partial charge in [0.25, 0.3) is 11.8 Å². The average molecular weight is 436 g/mol. The molecule has 7 nitrogen and oxygen atoms in total. The number of nitrogens with one attached hydrogen (secondary N) is 3. The van der Waals surface area contributed by atoms with Crippen LogP contribution in [-0.2, 0) is 20.7 Å². The zero-order valence-electron chi connectivity index (χ0n) is 18.4. The number of hydrogen-bond acceptors (Lipinski definition) is 4. The van der Waals surface area contributed by atoms with Crippen molar-refractivity contribution in [2.75, 3.05) is 18.5 Å². The van der Waals surface area contributed by atoms with Crippen LogP contribution in [0.1, 0.15) is 42.6 Å². The Labute approximate surface area is 187 Å². The topological polar surface area (TPSA) is 100 Å². The minimum atomic E-state index is -0.487. The van der Waals surface area contributed by atoms with Gasteiger partial charge in [-0.2, -0.15) is 0 Å². The number of rotatable bonds is 10. The molecule has 0 aliphatic heterocycles. The van der Waals surface area contributed by atoms with Crippen molar-refractivity contribution < 1.29 is 19.1 Å². The maximum Gasteiger partial charge on any atom is 0.306 e. The van der Waals surface area contributed by atoms with Crippen LogP contribution in [0.2, 0.25) is 0 Å². The number of aromatic nitrogens is 1. The van der Waals surface area contributed by atoms with Gasteiger partial charge in [0.15, 0.2) is 6.61 Å². The fourth-order valence-electron chi connectivity index (χ4n) is 3.35. The lowest BCUT2D eigenvalue weighted by Crippen LogP contribution is -2.29. The maximum absolute atomic E-state index is 12.4. The molecule has 2 amide bonds. The summed E-state index contributed by atoms with van der Waals surface area (Å²) in [4.78, 5) is 39.9. The molecule has 0 aliphatic rings. The number of para-hydroxylation sites is 2. The number of carbonyl (C=O) groups is 3. The largest absolute Gasteiger partial charge is 0.456 e. The summed E-state index contributed by atoms with van der Waals surface area (Å²) in [5.41, 5.74) is 2.97. The van der Waals surface area contributed by atoms with Gasteiger partial charge in [-0.05, 0) is 42.5 Å². The summed E-state index contributed by atoms with van der Waals surface area (Å²) >= 11 is 0. The zero-order valence-corrected chi connectivity index (χ0v) is 18.4. The maximum atomic E-state index is 12.4. The van der Waals surface area contributed by atoms with Crippen LogP contribution < -0.4 is 10.6 Å². The predicted octanol–water partition coefficient (Wildman–Crippen LogP) is 4.06. The number of carbonyl (C=O) groups excluding carboxylic acids is 3. The van der Waals surface area contributed by atoms with E-state index in [1.807, 2.05) is 44.3 Å². The van der Waals surface area contributed by atoms with E-state index in [1.54, 1.807) is 24.3 Å². The lowest BCUT2D eigenvalue weighted by molar-refractivity contribution is -0.147. The van der Waals surface area contributed by atoms with E-state index in [0.29, 0.717) is 30.1 Å². The van der Waals surface area contributed by atoms with Crippen LogP contribution in [0.15, 0.2) is 54.7 Å². The smallest absolute Gasteiger partial charge is 0.306 e. The van der Waals surface area contributed by atoms with Crippen LogP contribution in [0, 0.1) is 5.92 Å². The molecule has 2 aromatic carbocycles. The van der Waals surface area contributed by atoms with E-state index in [4.69, 9.17) is 4.74 Å². The number of amides is 2. The average Bonchev–Trinajstić information content (AvgIpc) is 3.19. The standard InChI is InChI=1S/C25H29N3O4/c1-17(2)14-27-25(31)20-10-4-6-12-22(20)28-23(29)16-32-24(30)13-7-8-18-15-26-21-11-5-3-9-19(18)21/h3-6,9-12,15,17,26H,7-8,13-14,16H2,1-2H3,(H,27,31)(H,28,29). The normalized spacial score (nSPS) is 10.8. The first-order valence-corrected chi connectivity index (χ1v) is 10.8. The van der Waals surface area contributed by atoms with Gasteiger partial charge in [0.2, 0.25) is 0 Å². The molecule has 7 heteroatoms. The molecule has 0 unspecified atom stereocenters. The first-order chi connectivity index (χ1) is 15.4. The van der Waals surface area contributed by atoms with Crippen molar-refractivity contribution in [2.45, 2.75) is 33.1 Å². The minimum Gasteiger partial charge on any atom is -0.456 e. The number of aryl methyl sites for hydroxylation is 1. The van der Waals surface area contributed by atoms with Crippen LogP contribution in [0.5, 0.6) is 0 Å². The second-order valence-electron chi connectivity index (χ2n) is 8.07. The van der Waals surface area contributed by atoms with Gasteiger partial charge < -0.3 is 20.4 Å².